The first-order valence-electron chi connectivity index (χ1n) is 8.08. The zero-order valence-corrected chi connectivity index (χ0v) is 15.2. The molecule has 0 aliphatic carbocycles. The van der Waals surface area contributed by atoms with Gasteiger partial charge in [-0.15, -0.1) is 0 Å². The van der Waals surface area contributed by atoms with Crippen LogP contribution in [0.2, 0.25) is 0 Å². The van der Waals surface area contributed by atoms with Crippen LogP contribution in [0, 0.1) is 0 Å². The molecule has 1 aliphatic rings. The zero-order valence-electron chi connectivity index (χ0n) is 13.6. The predicted octanol–water partition coefficient (Wildman–Crippen LogP) is 3.45. The van der Waals surface area contributed by atoms with Crippen molar-refractivity contribution >= 4 is 21.8 Å². The molecule has 128 valence electrons. The van der Waals surface area contributed by atoms with Gasteiger partial charge in [-0.1, -0.05) is 22.0 Å². The van der Waals surface area contributed by atoms with Crippen molar-refractivity contribution in [2.45, 2.75) is 25.5 Å². The lowest BCUT2D eigenvalue weighted by Crippen LogP contribution is -2.43. The fraction of sp³-hybridized carbons (Fsp3) is 0.389. The lowest BCUT2D eigenvalue weighted by molar-refractivity contribution is 0.0667. The minimum absolute atomic E-state index is 0.0735. The van der Waals surface area contributed by atoms with E-state index in [4.69, 9.17) is 9.15 Å². The summed E-state index contributed by atoms with van der Waals surface area (Å²) in [7, 11) is 1.85. The van der Waals surface area contributed by atoms with Crippen LogP contribution in [0.5, 0.6) is 5.75 Å². The first kappa shape index (κ1) is 17.0. The second kappa shape index (κ2) is 7.85. The highest BCUT2D eigenvalue weighted by molar-refractivity contribution is 9.10. The lowest BCUT2D eigenvalue weighted by Gasteiger charge is -2.31. The number of piperidine rings is 1. The number of ether oxygens (including phenoxy) is 1. The highest BCUT2D eigenvalue weighted by Gasteiger charge is 2.24. The Hall–Kier alpha value is -1.79. The number of amides is 1. The molecule has 0 unspecified atom stereocenters. The van der Waals surface area contributed by atoms with Crippen molar-refractivity contribution in [3.8, 4) is 5.75 Å². The van der Waals surface area contributed by atoms with E-state index in [2.05, 4.69) is 21.2 Å². The van der Waals surface area contributed by atoms with Crippen LogP contribution in [0.4, 0.5) is 0 Å². The Morgan fingerprint density at radius 3 is 2.88 bits per heavy atom. The van der Waals surface area contributed by atoms with Crippen molar-refractivity contribution in [1.29, 1.82) is 0 Å². The van der Waals surface area contributed by atoms with E-state index < -0.39 is 0 Å². The van der Waals surface area contributed by atoms with Crippen LogP contribution in [0.3, 0.4) is 0 Å². The van der Waals surface area contributed by atoms with Crippen molar-refractivity contribution in [1.82, 2.24) is 10.2 Å². The molecule has 0 atom stereocenters. The molecule has 1 aromatic heterocycles. The van der Waals surface area contributed by atoms with E-state index in [0.29, 0.717) is 18.1 Å². The molecule has 1 saturated heterocycles. The van der Waals surface area contributed by atoms with E-state index in [-0.39, 0.29) is 11.9 Å². The van der Waals surface area contributed by atoms with Gasteiger partial charge in [0.2, 0.25) is 0 Å². The molecule has 1 amide bonds. The highest BCUT2D eigenvalue weighted by atomic mass is 79.9. The number of benzene rings is 1. The topological polar surface area (TPSA) is 54.7 Å². The average Bonchev–Trinajstić information content (AvgIpc) is 3.08. The number of carbonyl (C=O) groups excluding carboxylic acids is 1. The summed E-state index contributed by atoms with van der Waals surface area (Å²) in [5, 5.41) is 3.31. The molecule has 0 saturated carbocycles. The fourth-order valence-electron chi connectivity index (χ4n) is 2.82. The zero-order chi connectivity index (χ0) is 16.9. The SMILES string of the molecule is CN(C(=O)c1ccc(COc2cccc(Br)c2)o1)C1CCNCC1. The quantitative estimate of drug-likeness (QED) is 0.846. The molecule has 3 rings (SSSR count). The maximum absolute atomic E-state index is 12.5. The fourth-order valence-corrected chi connectivity index (χ4v) is 3.19. The Morgan fingerprint density at radius 1 is 1.33 bits per heavy atom. The molecule has 2 aromatic rings. The summed E-state index contributed by atoms with van der Waals surface area (Å²) in [6.07, 6.45) is 1.95. The first-order valence-corrected chi connectivity index (χ1v) is 8.88. The second-order valence-corrected chi connectivity index (χ2v) is 6.82. The summed E-state index contributed by atoms with van der Waals surface area (Å²) in [5.74, 6) is 1.68. The number of nitrogens with zero attached hydrogens (tertiary/aromatic N) is 1. The summed E-state index contributed by atoms with van der Waals surface area (Å²) in [4.78, 5) is 14.3. The normalized spacial score (nSPS) is 15.2. The smallest absolute Gasteiger partial charge is 0.289 e. The van der Waals surface area contributed by atoms with Crippen LogP contribution >= 0.6 is 15.9 Å². The number of rotatable bonds is 5. The van der Waals surface area contributed by atoms with Crippen molar-refractivity contribution in [3.63, 3.8) is 0 Å². The molecule has 2 heterocycles. The van der Waals surface area contributed by atoms with Crippen molar-refractivity contribution in [2.24, 2.45) is 0 Å². The Morgan fingerprint density at radius 2 is 2.12 bits per heavy atom. The molecular weight excluding hydrogens is 372 g/mol. The molecule has 1 fully saturated rings. The minimum Gasteiger partial charge on any atom is -0.486 e. The van der Waals surface area contributed by atoms with Crippen molar-refractivity contribution in [3.05, 3.63) is 52.4 Å². The number of nitrogens with one attached hydrogen (secondary N) is 1. The summed E-state index contributed by atoms with van der Waals surface area (Å²) in [5.41, 5.74) is 0. The Balaban J connectivity index is 1.59. The monoisotopic (exact) mass is 392 g/mol. The summed E-state index contributed by atoms with van der Waals surface area (Å²) >= 11 is 3.41. The van der Waals surface area contributed by atoms with Crippen molar-refractivity contribution < 1.29 is 13.9 Å². The second-order valence-electron chi connectivity index (χ2n) is 5.91. The summed E-state index contributed by atoms with van der Waals surface area (Å²) in [6.45, 7) is 2.19. The molecule has 0 radical (unpaired) electrons. The average molecular weight is 393 g/mol. The lowest BCUT2D eigenvalue weighted by atomic mass is 10.1. The number of hydrogen-bond donors (Lipinski definition) is 1. The van der Waals surface area contributed by atoms with Gasteiger partial charge in [-0.05, 0) is 56.3 Å². The van der Waals surface area contributed by atoms with E-state index in [1.165, 1.54) is 0 Å². The van der Waals surface area contributed by atoms with Gasteiger partial charge < -0.3 is 19.4 Å². The van der Waals surface area contributed by atoms with Crippen LogP contribution in [0.15, 0.2) is 45.3 Å². The molecule has 1 aliphatic heterocycles. The highest BCUT2D eigenvalue weighted by Crippen LogP contribution is 2.20. The molecule has 1 aromatic carbocycles. The van der Waals surface area contributed by atoms with Gasteiger partial charge in [-0.2, -0.15) is 0 Å². The van der Waals surface area contributed by atoms with Gasteiger partial charge in [0.15, 0.2) is 5.76 Å². The number of furan rings is 1. The standard InChI is InChI=1S/C18H21BrN2O3/c1-21(14-7-9-20-10-8-14)18(22)17-6-5-16(24-17)12-23-15-4-2-3-13(19)11-15/h2-6,11,14,20H,7-10,12H2,1H3. The molecule has 6 heteroatoms. The Labute approximate surface area is 150 Å². The van der Waals surface area contributed by atoms with Crippen LogP contribution in [-0.2, 0) is 6.61 Å². The largest absolute Gasteiger partial charge is 0.486 e. The first-order chi connectivity index (χ1) is 11.6. The van der Waals surface area contributed by atoms with Gasteiger partial charge in [0.1, 0.15) is 18.1 Å². The number of carbonyl (C=O) groups is 1. The summed E-state index contributed by atoms with van der Waals surface area (Å²) in [6, 6.07) is 11.4. The van der Waals surface area contributed by atoms with Crippen LogP contribution in [0.1, 0.15) is 29.2 Å². The Kier molecular flexibility index (Phi) is 5.58. The van der Waals surface area contributed by atoms with E-state index in [9.17, 15) is 4.79 Å². The van der Waals surface area contributed by atoms with E-state index in [1.54, 1.807) is 17.0 Å². The molecule has 24 heavy (non-hydrogen) atoms. The van der Waals surface area contributed by atoms with Gasteiger partial charge in [0.25, 0.3) is 5.91 Å². The van der Waals surface area contributed by atoms with Gasteiger partial charge in [-0.3, -0.25) is 4.79 Å². The van der Waals surface area contributed by atoms with E-state index in [1.807, 2.05) is 31.3 Å². The maximum Gasteiger partial charge on any atom is 0.289 e. The third kappa shape index (κ3) is 4.19. The molecule has 5 nitrogen and oxygen atoms in total. The number of halogens is 1. The van der Waals surface area contributed by atoms with E-state index in [0.717, 1.165) is 36.2 Å². The summed E-state index contributed by atoms with van der Waals surface area (Å²) < 4.78 is 12.3. The molecule has 1 N–H and O–H groups in total. The van der Waals surface area contributed by atoms with E-state index >= 15 is 0 Å². The minimum atomic E-state index is -0.0735. The van der Waals surface area contributed by atoms with Crippen LogP contribution in [0.25, 0.3) is 0 Å². The van der Waals surface area contributed by atoms with Gasteiger partial charge >= 0.3 is 0 Å². The molecule has 0 spiro atoms. The molecule has 0 bridgehead atoms. The number of hydrogen-bond acceptors (Lipinski definition) is 4. The maximum atomic E-state index is 12.5. The van der Waals surface area contributed by atoms with Crippen molar-refractivity contribution in [2.75, 3.05) is 20.1 Å². The van der Waals surface area contributed by atoms with Gasteiger partial charge in [0.05, 0.1) is 0 Å². The van der Waals surface area contributed by atoms with Crippen LogP contribution < -0.4 is 10.1 Å². The molecular formula is C18H21BrN2O3. The Bertz CT molecular complexity index is 695. The van der Waals surface area contributed by atoms with Gasteiger partial charge in [0, 0.05) is 17.6 Å². The predicted molar refractivity (Wildman–Crippen MR) is 95.2 cm³/mol. The third-order valence-electron chi connectivity index (χ3n) is 4.23. The van der Waals surface area contributed by atoms with Crippen LogP contribution in [-0.4, -0.2) is 37.0 Å². The third-order valence-corrected chi connectivity index (χ3v) is 4.72. The van der Waals surface area contributed by atoms with Gasteiger partial charge in [-0.25, -0.2) is 0 Å².